The van der Waals surface area contributed by atoms with Crippen molar-refractivity contribution in [2.75, 3.05) is 26.4 Å². The number of benzene rings is 1. The monoisotopic (exact) mass is 1020 g/mol. The fraction of sp³-hybridized carbons (Fsp3) is 0.857. The highest BCUT2D eigenvalue weighted by atomic mass is 28.4. The van der Waals surface area contributed by atoms with Crippen LogP contribution in [0.15, 0.2) is 24.3 Å². The van der Waals surface area contributed by atoms with E-state index in [2.05, 4.69) is 176 Å². The molecule has 2 saturated heterocycles. The van der Waals surface area contributed by atoms with Gasteiger partial charge < -0.3 is 27.5 Å². The topological polar surface area (TPSA) is 77.5 Å². The van der Waals surface area contributed by atoms with Crippen LogP contribution >= 0.6 is 0 Å². The van der Waals surface area contributed by atoms with Gasteiger partial charge in [0, 0.05) is 0 Å². The van der Waals surface area contributed by atoms with E-state index in [1.807, 2.05) is 24.3 Å². The summed E-state index contributed by atoms with van der Waals surface area (Å²) in [6, 6.07) is 7.21. The molecule has 0 bridgehead atoms. The molecule has 2 aliphatic rings. The van der Waals surface area contributed by atoms with Crippen molar-refractivity contribution in [1.29, 1.82) is 0 Å². The molecule has 0 aliphatic carbocycles. The van der Waals surface area contributed by atoms with Gasteiger partial charge in [-0.1, -0.05) is 178 Å². The van der Waals surface area contributed by atoms with E-state index in [4.69, 9.17) is 17.7 Å². The quantitative estimate of drug-likeness (QED) is 0.0861. The zero-order valence-corrected chi connectivity index (χ0v) is 52.5. The van der Waals surface area contributed by atoms with Gasteiger partial charge in [-0.2, -0.15) is 0 Å². The van der Waals surface area contributed by atoms with Crippen molar-refractivity contribution in [3.63, 3.8) is 0 Å². The maximum atomic E-state index is 15.8. The molecule has 4 atom stereocenters. The first-order chi connectivity index (χ1) is 31.5. The fourth-order valence-electron chi connectivity index (χ4n) is 15.3. The Morgan fingerprint density at radius 2 is 0.529 bits per heavy atom. The zero-order chi connectivity index (χ0) is 52.0. The van der Waals surface area contributed by atoms with Crippen LogP contribution in [0.1, 0.15) is 213 Å². The molecular weight excluding hydrogens is 909 g/mol. The van der Waals surface area contributed by atoms with Crippen LogP contribution in [0.2, 0.25) is 66.5 Å². The van der Waals surface area contributed by atoms with Crippen LogP contribution in [0, 0.1) is 0 Å². The highest BCUT2D eigenvalue weighted by molar-refractivity contribution is 6.79. The normalized spacial score (nSPS) is 20.5. The fourth-order valence-corrected chi connectivity index (χ4v) is 37.3. The second kappa shape index (κ2) is 25.2. The SMILES string of the molecule is CC(C)[Si](OC[C@H]1CC[C@H](CO[Si](C(C)C)(C(C)C)C(C)C)N1C(=O)c1ccccc1C(=O)N1[C@@H](CO[Si](C(C)C)(C(C)C)C(C)C)CC[C@@H]1CO[Si](C(C)C)(C(C)C)C(C)C)(C(C)C)C(C)C. The number of nitrogens with zero attached hydrogens (tertiary/aromatic N) is 2. The summed E-state index contributed by atoms with van der Waals surface area (Å²) in [6.07, 6.45) is 3.39. The third-order valence-corrected chi connectivity index (χ3v) is 42.4. The molecule has 68 heavy (non-hydrogen) atoms. The highest BCUT2D eigenvalue weighted by Crippen LogP contribution is 2.47. The Morgan fingerprint density at radius 3 is 0.676 bits per heavy atom. The second-order valence-electron chi connectivity index (χ2n) is 25.3. The average Bonchev–Trinajstić information content (AvgIpc) is 3.83. The summed E-state index contributed by atoms with van der Waals surface area (Å²) < 4.78 is 29.3. The number of hydrogen-bond donors (Lipinski definition) is 0. The van der Waals surface area contributed by atoms with Crippen LogP contribution in [0.3, 0.4) is 0 Å². The maximum Gasteiger partial charge on any atom is 0.255 e. The molecule has 0 unspecified atom stereocenters. The minimum absolute atomic E-state index is 0.0815. The van der Waals surface area contributed by atoms with E-state index in [0.29, 0.717) is 104 Å². The Kier molecular flexibility index (Phi) is 22.7. The van der Waals surface area contributed by atoms with Gasteiger partial charge in [0.15, 0.2) is 33.3 Å². The maximum absolute atomic E-state index is 15.8. The van der Waals surface area contributed by atoms with Gasteiger partial charge in [-0.05, 0) is 104 Å². The van der Waals surface area contributed by atoms with Gasteiger partial charge in [-0.3, -0.25) is 9.59 Å². The number of likely N-dealkylation sites (tertiary alicyclic amines) is 2. The smallest absolute Gasteiger partial charge is 0.255 e. The molecule has 0 saturated carbocycles. The second-order valence-corrected chi connectivity index (χ2v) is 47.1. The van der Waals surface area contributed by atoms with Crippen LogP contribution in [0.4, 0.5) is 0 Å². The van der Waals surface area contributed by atoms with E-state index in [1.54, 1.807) is 0 Å². The molecule has 0 aromatic heterocycles. The minimum Gasteiger partial charge on any atom is -0.414 e. The number of carbonyl (C=O) groups is 2. The molecule has 3 rings (SSSR count). The highest BCUT2D eigenvalue weighted by Gasteiger charge is 2.52. The van der Waals surface area contributed by atoms with Gasteiger partial charge >= 0.3 is 0 Å². The molecule has 2 fully saturated rings. The van der Waals surface area contributed by atoms with E-state index in [0.717, 1.165) is 25.7 Å². The molecule has 12 heteroatoms. The van der Waals surface area contributed by atoms with Gasteiger partial charge in [0.25, 0.3) is 11.8 Å². The molecular formula is C56H108N2O6Si4. The summed E-state index contributed by atoms with van der Waals surface area (Å²) in [5.41, 5.74) is 6.11. The Labute approximate surface area is 424 Å². The molecule has 0 spiro atoms. The van der Waals surface area contributed by atoms with Crippen molar-refractivity contribution in [3.8, 4) is 0 Å². The summed E-state index contributed by atoms with van der Waals surface area (Å²) in [4.78, 5) is 35.9. The van der Waals surface area contributed by atoms with Crippen LogP contribution in [-0.4, -0.2) is 105 Å². The van der Waals surface area contributed by atoms with E-state index in [9.17, 15) is 0 Å². The lowest BCUT2D eigenvalue weighted by atomic mass is 10.0. The first-order valence-electron chi connectivity index (χ1n) is 27.8. The molecule has 0 N–H and O–H groups in total. The molecule has 1 aromatic carbocycles. The molecule has 0 radical (unpaired) electrons. The number of hydrogen-bond acceptors (Lipinski definition) is 6. The van der Waals surface area contributed by atoms with Crippen molar-refractivity contribution in [2.45, 2.75) is 283 Å². The molecule has 2 amide bonds. The van der Waals surface area contributed by atoms with Gasteiger partial charge in [-0.15, -0.1) is 0 Å². The molecule has 2 heterocycles. The molecule has 394 valence electrons. The first kappa shape index (κ1) is 61.2. The Hall–Kier alpha value is -1.13. The molecule has 8 nitrogen and oxygen atoms in total. The third-order valence-electron chi connectivity index (χ3n) is 18.0. The lowest BCUT2D eigenvalue weighted by molar-refractivity contribution is 0.0495. The van der Waals surface area contributed by atoms with Crippen molar-refractivity contribution in [2.24, 2.45) is 0 Å². The van der Waals surface area contributed by atoms with Gasteiger partial charge in [0.1, 0.15) is 0 Å². The predicted octanol–water partition coefficient (Wildman–Crippen LogP) is 16.4. The Balaban J connectivity index is 2.22. The van der Waals surface area contributed by atoms with Crippen LogP contribution in [0.25, 0.3) is 0 Å². The minimum atomic E-state index is -2.24. The number of carbonyl (C=O) groups excluding carboxylic acids is 2. The van der Waals surface area contributed by atoms with Crippen LogP contribution in [-0.2, 0) is 17.7 Å². The lowest BCUT2D eigenvalue weighted by Crippen LogP contribution is -2.54. The predicted molar refractivity (Wildman–Crippen MR) is 300 cm³/mol. The summed E-state index contributed by atoms with van der Waals surface area (Å²) in [5.74, 6) is -0.163. The molecule has 2 aliphatic heterocycles. The van der Waals surface area contributed by atoms with Crippen molar-refractivity contribution in [3.05, 3.63) is 35.4 Å². The van der Waals surface area contributed by atoms with E-state index < -0.39 is 33.3 Å². The van der Waals surface area contributed by atoms with Crippen LogP contribution in [0.5, 0.6) is 0 Å². The van der Waals surface area contributed by atoms with Gasteiger partial charge in [0.05, 0.1) is 61.7 Å². The zero-order valence-electron chi connectivity index (χ0n) is 48.5. The van der Waals surface area contributed by atoms with Crippen LogP contribution < -0.4 is 0 Å². The van der Waals surface area contributed by atoms with Crippen molar-refractivity contribution < 1.29 is 27.3 Å². The molecule has 1 aromatic rings. The summed E-state index contributed by atoms with van der Waals surface area (Å²) in [6.45, 7) is 58.0. The van der Waals surface area contributed by atoms with E-state index in [-0.39, 0.29) is 36.0 Å². The lowest BCUT2D eigenvalue weighted by Gasteiger charge is -2.45. The summed E-state index contributed by atoms with van der Waals surface area (Å²) in [5, 5.41) is 0. The largest absolute Gasteiger partial charge is 0.414 e. The van der Waals surface area contributed by atoms with Gasteiger partial charge in [-0.25, -0.2) is 0 Å². The first-order valence-corrected chi connectivity index (χ1v) is 36.3. The van der Waals surface area contributed by atoms with Gasteiger partial charge in [0.2, 0.25) is 0 Å². The third kappa shape index (κ3) is 12.1. The number of rotatable bonds is 26. The average molecular weight is 1020 g/mol. The van der Waals surface area contributed by atoms with E-state index in [1.165, 1.54) is 0 Å². The Bertz CT molecular complexity index is 1430. The van der Waals surface area contributed by atoms with Crippen molar-refractivity contribution in [1.82, 2.24) is 9.80 Å². The van der Waals surface area contributed by atoms with Crippen molar-refractivity contribution >= 4 is 45.1 Å². The van der Waals surface area contributed by atoms with E-state index >= 15 is 9.59 Å². The summed E-state index contributed by atoms with van der Waals surface area (Å²) >= 11 is 0. The summed E-state index contributed by atoms with van der Waals surface area (Å²) in [7, 11) is -8.97. The number of amides is 2. The standard InChI is InChI=1S/C56H108N2O6Si4/c1-37(2)65(38(3)4,39(5)6)61-33-49-29-30-50(34-62-66(40(7)8,41(9)10)42(11)12)57(49)55(59)53-27-25-26-28-54(53)56(60)58-51(35-63-67(43(13)14,44(15)16)45(17)18)31-32-52(58)36-64-68(46(19)20,47(21)22)48(23)24/h25-28,37-52H,29-36H2,1-24H3/t49-,50-,51-,52-/m1/s1. The Morgan fingerprint density at radius 1 is 0.368 bits per heavy atom.